The first-order valence-corrected chi connectivity index (χ1v) is 9.98. The lowest BCUT2D eigenvalue weighted by atomic mass is 9.79. The summed E-state index contributed by atoms with van der Waals surface area (Å²) in [5, 5.41) is 0. The number of rotatable bonds is 9. The van der Waals surface area contributed by atoms with Crippen LogP contribution >= 0.6 is 0 Å². The maximum absolute atomic E-state index is 14.6. The van der Waals surface area contributed by atoms with Crippen LogP contribution in [0.2, 0.25) is 0 Å². The summed E-state index contributed by atoms with van der Waals surface area (Å²) >= 11 is 0. The first-order chi connectivity index (χ1) is 12.8. The van der Waals surface area contributed by atoms with E-state index in [4.69, 9.17) is 9.47 Å². The molecule has 1 saturated carbocycles. The Labute approximate surface area is 159 Å². The van der Waals surface area contributed by atoms with Gasteiger partial charge in [-0.25, -0.2) is 0 Å². The zero-order valence-corrected chi connectivity index (χ0v) is 16.4. The molecule has 1 aromatic rings. The summed E-state index contributed by atoms with van der Waals surface area (Å²) in [6, 6.07) is 1.19. The zero-order valence-electron chi connectivity index (χ0n) is 16.4. The monoisotopic (exact) mass is 390 g/mol. The molecule has 0 saturated heterocycles. The predicted octanol–water partition coefficient (Wildman–Crippen LogP) is 7.03. The lowest BCUT2D eigenvalue weighted by Crippen LogP contribution is -2.37. The molecule has 27 heavy (non-hydrogen) atoms. The van der Waals surface area contributed by atoms with Gasteiger partial charge in [0.2, 0.25) is 11.6 Å². The highest BCUT2D eigenvalue weighted by Crippen LogP contribution is 2.43. The van der Waals surface area contributed by atoms with Crippen LogP contribution in [0, 0.1) is 30.4 Å². The van der Waals surface area contributed by atoms with Gasteiger partial charge in [0.15, 0.2) is 11.5 Å². The molecule has 1 aliphatic rings. The first kappa shape index (κ1) is 21.8. The maximum atomic E-state index is 14.6. The Morgan fingerprint density at radius 1 is 1.04 bits per heavy atom. The van der Waals surface area contributed by atoms with Gasteiger partial charge >= 0.3 is 6.11 Å². The van der Waals surface area contributed by atoms with Gasteiger partial charge < -0.3 is 9.47 Å². The van der Waals surface area contributed by atoms with Crippen LogP contribution in [0.25, 0.3) is 0 Å². The normalized spacial score (nSPS) is 20.6. The van der Waals surface area contributed by atoms with Gasteiger partial charge in [0, 0.05) is 0 Å². The van der Waals surface area contributed by atoms with Crippen molar-refractivity contribution in [2.24, 2.45) is 11.8 Å². The third-order valence-electron chi connectivity index (χ3n) is 5.39. The van der Waals surface area contributed by atoms with Crippen molar-refractivity contribution in [1.29, 1.82) is 0 Å². The molecule has 2 nitrogen and oxygen atoms in total. The minimum Gasteiger partial charge on any atom is -0.491 e. The smallest absolute Gasteiger partial charge is 0.400 e. The van der Waals surface area contributed by atoms with E-state index >= 15 is 0 Å². The largest absolute Gasteiger partial charge is 0.491 e. The Morgan fingerprint density at radius 2 is 1.70 bits per heavy atom. The molecule has 1 aliphatic carbocycles. The number of benzene rings is 1. The lowest BCUT2D eigenvalue weighted by Gasteiger charge is -2.33. The van der Waals surface area contributed by atoms with Crippen molar-refractivity contribution in [3.63, 3.8) is 0 Å². The van der Waals surface area contributed by atoms with E-state index < -0.39 is 29.4 Å². The van der Waals surface area contributed by atoms with Crippen molar-refractivity contribution in [3.8, 4) is 11.5 Å². The fourth-order valence-corrected chi connectivity index (χ4v) is 3.78. The molecule has 0 N–H and O–H groups in total. The quantitative estimate of drug-likeness (QED) is 0.333. The topological polar surface area (TPSA) is 18.5 Å². The summed E-state index contributed by atoms with van der Waals surface area (Å²) < 4.78 is 67.3. The van der Waals surface area contributed by atoms with Crippen molar-refractivity contribution in [2.45, 2.75) is 78.2 Å². The third-order valence-corrected chi connectivity index (χ3v) is 5.39. The van der Waals surface area contributed by atoms with Crippen molar-refractivity contribution in [2.75, 3.05) is 6.61 Å². The number of alkyl halides is 2. The number of ether oxygens (including phenoxy) is 2. The van der Waals surface area contributed by atoms with E-state index in [0.717, 1.165) is 32.1 Å². The van der Waals surface area contributed by atoms with Crippen LogP contribution in [0.3, 0.4) is 0 Å². The van der Waals surface area contributed by atoms with Gasteiger partial charge in [-0.3, -0.25) is 0 Å². The Bertz CT molecular complexity index is 611. The number of hydrogen-bond acceptors (Lipinski definition) is 2. The molecule has 0 aliphatic heterocycles. The summed E-state index contributed by atoms with van der Waals surface area (Å²) in [5.41, 5.74) is 0.0882. The van der Waals surface area contributed by atoms with Crippen LogP contribution in [0.1, 0.15) is 70.8 Å². The average molecular weight is 390 g/mol. The van der Waals surface area contributed by atoms with E-state index in [9.17, 15) is 17.6 Å². The first-order valence-electron chi connectivity index (χ1n) is 9.98. The van der Waals surface area contributed by atoms with Crippen LogP contribution in [0.15, 0.2) is 6.07 Å². The van der Waals surface area contributed by atoms with Crippen LogP contribution in [0.4, 0.5) is 17.6 Å². The van der Waals surface area contributed by atoms with Crippen molar-refractivity contribution in [1.82, 2.24) is 0 Å². The number of unbranched alkanes of at least 4 members (excludes halogenated alkanes) is 2. The summed E-state index contributed by atoms with van der Waals surface area (Å²) in [7, 11) is 0. The summed E-state index contributed by atoms with van der Waals surface area (Å²) in [6.45, 7) is 5.32. The maximum Gasteiger partial charge on any atom is 0.400 e. The van der Waals surface area contributed by atoms with Crippen molar-refractivity contribution >= 4 is 0 Å². The van der Waals surface area contributed by atoms with Crippen LogP contribution < -0.4 is 9.47 Å². The molecule has 1 fully saturated rings. The summed E-state index contributed by atoms with van der Waals surface area (Å²) in [6.07, 6.45) is 3.12. The van der Waals surface area contributed by atoms with Crippen molar-refractivity contribution in [3.05, 3.63) is 23.3 Å². The SMILES string of the molecule is CCCCCC1CCC(C(F)(F)Oc2c(C)cc(OCC)c(F)c2F)CC1. The van der Waals surface area contributed by atoms with Gasteiger partial charge in [0.25, 0.3) is 0 Å². The van der Waals surface area contributed by atoms with Gasteiger partial charge in [0.05, 0.1) is 12.5 Å². The third kappa shape index (κ3) is 5.52. The molecule has 0 aromatic heterocycles. The van der Waals surface area contributed by atoms with Crippen LogP contribution in [-0.4, -0.2) is 12.7 Å². The average Bonchev–Trinajstić information content (AvgIpc) is 2.64. The highest BCUT2D eigenvalue weighted by atomic mass is 19.3. The molecule has 0 unspecified atom stereocenters. The fourth-order valence-electron chi connectivity index (χ4n) is 3.78. The molecule has 0 radical (unpaired) electrons. The highest BCUT2D eigenvalue weighted by Gasteiger charge is 2.45. The number of aryl methyl sites for hydroxylation is 1. The van der Waals surface area contributed by atoms with E-state index in [1.807, 2.05) is 0 Å². The predicted molar refractivity (Wildman–Crippen MR) is 97.4 cm³/mol. The van der Waals surface area contributed by atoms with E-state index in [-0.39, 0.29) is 17.9 Å². The molecule has 0 bridgehead atoms. The molecular formula is C21H30F4O2. The Balaban J connectivity index is 2.03. The second-order valence-corrected chi connectivity index (χ2v) is 7.46. The summed E-state index contributed by atoms with van der Waals surface area (Å²) in [5.74, 6) is -4.25. The molecular weight excluding hydrogens is 360 g/mol. The van der Waals surface area contributed by atoms with Gasteiger partial charge in [0.1, 0.15) is 0 Å². The molecule has 0 spiro atoms. The molecule has 154 valence electrons. The fraction of sp³-hybridized carbons (Fsp3) is 0.714. The Morgan fingerprint density at radius 3 is 2.30 bits per heavy atom. The second-order valence-electron chi connectivity index (χ2n) is 7.46. The van der Waals surface area contributed by atoms with Gasteiger partial charge in [-0.2, -0.15) is 17.6 Å². The van der Waals surface area contributed by atoms with Gasteiger partial charge in [-0.1, -0.05) is 32.6 Å². The van der Waals surface area contributed by atoms with E-state index in [2.05, 4.69) is 6.92 Å². The number of halogens is 4. The second kappa shape index (κ2) is 9.65. The molecule has 0 amide bonds. The minimum atomic E-state index is -3.53. The highest BCUT2D eigenvalue weighted by molar-refractivity contribution is 5.42. The summed E-state index contributed by atoms with van der Waals surface area (Å²) in [4.78, 5) is 0. The van der Waals surface area contributed by atoms with E-state index in [1.54, 1.807) is 6.92 Å². The van der Waals surface area contributed by atoms with E-state index in [1.165, 1.54) is 19.4 Å². The zero-order chi connectivity index (χ0) is 20.0. The van der Waals surface area contributed by atoms with Crippen LogP contribution in [0.5, 0.6) is 11.5 Å². The molecule has 1 aromatic carbocycles. The Hall–Kier alpha value is -1.46. The van der Waals surface area contributed by atoms with Gasteiger partial charge in [-0.05, 0) is 57.1 Å². The van der Waals surface area contributed by atoms with Gasteiger partial charge in [-0.15, -0.1) is 0 Å². The standard InChI is InChI=1S/C21H30F4O2/c1-4-6-7-8-15-9-11-16(12-10-15)21(24,25)27-20-14(3)13-17(26-5-2)18(22)19(20)23/h13,15-16H,4-12H2,1-3H3. The molecule has 0 atom stereocenters. The minimum absolute atomic E-state index is 0.0882. The molecule has 6 heteroatoms. The molecule has 0 heterocycles. The Kier molecular flexibility index (Phi) is 7.80. The molecule has 2 rings (SSSR count). The van der Waals surface area contributed by atoms with E-state index in [0.29, 0.717) is 18.8 Å². The van der Waals surface area contributed by atoms with Crippen LogP contribution in [-0.2, 0) is 0 Å². The lowest BCUT2D eigenvalue weighted by molar-refractivity contribution is -0.225. The van der Waals surface area contributed by atoms with Crippen molar-refractivity contribution < 1.29 is 27.0 Å². The number of hydrogen-bond donors (Lipinski definition) is 0.